The van der Waals surface area contributed by atoms with Crippen LogP contribution in [0.1, 0.15) is 29.3 Å². The van der Waals surface area contributed by atoms with Gasteiger partial charge < -0.3 is 9.84 Å². The Morgan fingerprint density at radius 3 is 2.89 bits per heavy atom. The van der Waals surface area contributed by atoms with Crippen LogP contribution in [0.5, 0.6) is 0 Å². The van der Waals surface area contributed by atoms with E-state index in [4.69, 9.17) is 4.52 Å². The van der Waals surface area contributed by atoms with E-state index in [1.165, 1.54) is 12.1 Å². The average molecular weight is 267 g/mol. The molecule has 0 spiro atoms. The molecule has 0 saturated heterocycles. The molecule has 0 unspecified atom stereocenters. The lowest BCUT2D eigenvalue weighted by Gasteiger charge is -2.05. The molecule has 0 bridgehead atoms. The maximum atomic E-state index is 12.5. The molecule has 0 saturated carbocycles. The van der Waals surface area contributed by atoms with E-state index in [-0.39, 0.29) is 5.56 Å². The van der Waals surface area contributed by atoms with E-state index in [0.29, 0.717) is 31.2 Å². The highest BCUT2D eigenvalue weighted by Gasteiger charge is 2.07. The van der Waals surface area contributed by atoms with Crippen LogP contribution >= 0.6 is 0 Å². The van der Waals surface area contributed by atoms with E-state index in [0.717, 1.165) is 5.56 Å². The standard InChI is InChI=1S/C13H15F2N3O/c1-9-17-12(18-19-9)5-6-16-8-10-3-2-4-11(7-10)13(14)15/h2-4,7,13,16H,5-6,8H2,1H3. The molecular formula is C13H15F2N3O. The van der Waals surface area contributed by atoms with Gasteiger partial charge in [0.1, 0.15) is 0 Å². The third kappa shape index (κ3) is 4.10. The van der Waals surface area contributed by atoms with Crippen molar-refractivity contribution in [1.29, 1.82) is 0 Å². The smallest absolute Gasteiger partial charge is 0.263 e. The third-order valence-electron chi connectivity index (χ3n) is 2.63. The summed E-state index contributed by atoms with van der Waals surface area (Å²) in [7, 11) is 0. The maximum absolute atomic E-state index is 12.5. The molecule has 102 valence electrons. The number of aryl methyl sites for hydroxylation is 1. The summed E-state index contributed by atoms with van der Waals surface area (Å²) in [5.41, 5.74) is 0.884. The fourth-order valence-corrected chi connectivity index (χ4v) is 1.71. The lowest BCUT2D eigenvalue weighted by Crippen LogP contribution is -2.17. The van der Waals surface area contributed by atoms with Crippen molar-refractivity contribution in [3.8, 4) is 0 Å². The Morgan fingerprint density at radius 1 is 1.37 bits per heavy atom. The fraction of sp³-hybridized carbons (Fsp3) is 0.385. The van der Waals surface area contributed by atoms with Gasteiger partial charge in [0.15, 0.2) is 5.82 Å². The molecule has 0 atom stereocenters. The van der Waals surface area contributed by atoms with Crippen molar-refractivity contribution in [2.24, 2.45) is 0 Å². The van der Waals surface area contributed by atoms with Gasteiger partial charge in [-0.3, -0.25) is 0 Å². The van der Waals surface area contributed by atoms with Crippen molar-refractivity contribution in [3.63, 3.8) is 0 Å². The number of halogens is 2. The van der Waals surface area contributed by atoms with Crippen molar-refractivity contribution < 1.29 is 13.3 Å². The minimum Gasteiger partial charge on any atom is -0.340 e. The van der Waals surface area contributed by atoms with Crippen LogP contribution in [0.2, 0.25) is 0 Å². The van der Waals surface area contributed by atoms with E-state index in [9.17, 15) is 8.78 Å². The van der Waals surface area contributed by atoms with Crippen LogP contribution in [0.4, 0.5) is 8.78 Å². The van der Waals surface area contributed by atoms with Crippen molar-refractivity contribution in [1.82, 2.24) is 15.5 Å². The highest BCUT2D eigenvalue weighted by Crippen LogP contribution is 2.19. The normalized spacial score (nSPS) is 11.2. The average Bonchev–Trinajstić information content (AvgIpc) is 2.81. The van der Waals surface area contributed by atoms with Crippen molar-refractivity contribution in [2.45, 2.75) is 26.3 Å². The van der Waals surface area contributed by atoms with Crippen LogP contribution in [-0.4, -0.2) is 16.7 Å². The van der Waals surface area contributed by atoms with E-state index < -0.39 is 6.43 Å². The van der Waals surface area contributed by atoms with Gasteiger partial charge in [0, 0.05) is 32.0 Å². The summed E-state index contributed by atoms with van der Waals surface area (Å²) in [4.78, 5) is 4.08. The van der Waals surface area contributed by atoms with Crippen molar-refractivity contribution in [2.75, 3.05) is 6.54 Å². The summed E-state index contributed by atoms with van der Waals surface area (Å²) >= 11 is 0. The van der Waals surface area contributed by atoms with E-state index in [1.807, 2.05) is 6.07 Å². The Hall–Kier alpha value is -1.82. The van der Waals surface area contributed by atoms with Crippen LogP contribution in [0.3, 0.4) is 0 Å². The first-order valence-corrected chi connectivity index (χ1v) is 6.02. The summed E-state index contributed by atoms with van der Waals surface area (Å²) in [6.45, 7) is 2.94. The molecule has 1 N–H and O–H groups in total. The molecule has 0 fully saturated rings. The highest BCUT2D eigenvalue weighted by atomic mass is 19.3. The number of nitrogens with one attached hydrogen (secondary N) is 1. The van der Waals surface area contributed by atoms with Gasteiger partial charge in [0.05, 0.1) is 0 Å². The van der Waals surface area contributed by atoms with Gasteiger partial charge in [-0.2, -0.15) is 4.98 Å². The number of alkyl halides is 2. The zero-order valence-electron chi connectivity index (χ0n) is 10.6. The van der Waals surface area contributed by atoms with Crippen LogP contribution in [0.15, 0.2) is 28.8 Å². The summed E-state index contributed by atoms with van der Waals surface area (Å²) in [6.07, 6.45) is -1.78. The van der Waals surface area contributed by atoms with Gasteiger partial charge in [-0.05, 0) is 11.6 Å². The summed E-state index contributed by atoms with van der Waals surface area (Å²) in [5, 5.41) is 6.93. The maximum Gasteiger partial charge on any atom is 0.263 e. The predicted molar refractivity (Wildman–Crippen MR) is 65.8 cm³/mol. The Kier molecular flexibility index (Phi) is 4.57. The third-order valence-corrected chi connectivity index (χ3v) is 2.63. The topological polar surface area (TPSA) is 51.0 Å². The Morgan fingerprint density at radius 2 is 2.21 bits per heavy atom. The Balaban J connectivity index is 1.78. The van der Waals surface area contributed by atoms with Crippen LogP contribution in [0, 0.1) is 6.92 Å². The molecular weight excluding hydrogens is 252 g/mol. The molecule has 0 aliphatic carbocycles. The second-order valence-corrected chi connectivity index (χ2v) is 4.20. The van der Waals surface area contributed by atoms with E-state index in [2.05, 4.69) is 15.5 Å². The van der Waals surface area contributed by atoms with Gasteiger partial charge in [0.25, 0.3) is 6.43 Å². The lowest BCUT2D eigenvalue weighted by atomic mass is 10.1. The molecule has 2 aromatic rings. The monoisotopic (exact) mass is 267 g/mol. The molecule has 1 heterocycles. The van der Waals surface area contributed by atoms with Crippen LogP contribution < -0.4 is 5.32 Å². The molecule has 4 nitrogen and oxygen atoms in total. The molecule has 0 aliphatic rings. The number of nitrogens with zero attached hydrogens (tertiary/aromatic N) is 2. The van der Waals surface area contributed by atoms with Crippen LogP contribution in [-0.2, 0) is 13.0 Å². The zero-order chi connectivity index (χ0) is 13.7. The van der Waals surface area contributed by atoms with Gasteiger partial charge in [-0.25, -0.2) is 8.78 Å². The quantitative estimate of drug-likeness (QED) is 0.817. The van der Waals surface area contributed by atoms with Crippen LogP contribution in [0.25, 0.3) is 0 Å². The first kappa shape index (κ1) is 13.6. The van der Waals surface area contributed by atoms with Gasteiger partial charge in [0.2, 0.25) is 5.89 Å². The molecule has 0 aliphatic heterocycles. The predicted octanol–water partition coefficient (Wildman–Crippen LogP) is 2.65. The Bertz CT molecular complexity index is 528. The van der Waals surface area contributed by atoms with Crippen molar-refractivity contribution >= 4 is 0 Å². The minimum absolute atomic E-state index is 0.0492. The first-order chi connectivity index (χ1) is 9.15. The zero-order valence-corrected chi connectivity index (χ0v) is 10.6. The SMILES string of the molecule is Cc1nc(CCNCc2cccc(C(F)F)c2)no1. The number of rotatable bonds is 6. The molecule has 1 aromatic heterocycles. The number of aromatic nitrogens is 2. The largest absolute Gasteiger partial charge is 0.340 e. The van der Waals surface area contributed by atoms with Gasteiger partial charge >= 0.3 is 0 Å². The number of hydrogen-bond donors (Lipinski definition) is 1. The Labute approximate surface area is 109 Å². The lowest BCUT2D eigenvalue weighted by molar-refractivity contribution is 0.151. The summed E-state index contributed by atoms with van der Waals surface area (Å²) in [5.74, 6) is 1.19. The highest BCUT2D eigenvalue weighted by molar-refractivity contribution is 5.24. The molecule has 0 radical (unpaired) electrons. The minimum atomic E-state index is -2.43. The molecule has 1 aromatic carbocycles. The van der Waals surface area contributed by atoms with E-state index >= 15 is 0 Å². The van der Waals surface area contributed by atoms with Crippen molar-refractivity contribution in [3.05, 3.63) is 47.1 Å². The summed E-state index contributed by atoms with van der Waals surface area (Å²) in [6, 6.07) is 6.39. The fourth-order valence-electron chi connectivity index (χ4n) is 1.71. The summed E-state index contributed by atoms with van der Waals surface area (Å²) < 4.78 is 29.9. The van der Waals surface area contributed by atoms with Gasteiger partial charge in [-0.15, -0.1) is 0 Å². The molecule has 0 amide bonds. The number of hydrogen-bond acceptors (Lipinski definition) is 4. The second kappa shape index (κ2) is 6.38. The van der Waals surface area contributed by atoms with Gasteiger partial charge in [-0.1, -0.05) is 23.4 Å². The number of benzene rings is 1. The second-order valence-electron chi connectivity index (χ2n) is 4.20. The molecule has 6 heteroatoms. The molecule has 2 rings (SSSR count). The van der Waals surface area contributed by atoms with E-state index in [1.54, 1.807) is 13.0 Å². The molecule has 19 heavy (non-hydrogen) atoms. The first-order valence-electron chi connectivity index (χ1n) is 6.02.